The molecule has 0 unspecified atom stereocenters. The van der Waals surface area contributed by atoms with E-state index in [0.29, 0.717) is 0 Å². The van der Waals surface area contributed by atoms with Crippen LogP contribution in [0.1, 0.15) is 41.5 Å². The van der Waals surface area contributed by atoms with Crippen molar-refractivity contribution in [3.8, 4) is 0 Å². The zero-order chi connectivity index (χ0) is 19.8. The lowest BCUT2D eigenvalue weighted by molar-refractivity contribution is 0.294. The molecule has 0 spiro atoms. The third-order valence-corrected chi connectivity index (χ3v) is 6.57. The third-order valence-electron chi connectivity index (χ3n) is 6.31. The number of H-pyrrole nitrogens is 1. The molecule has 0 saturated carbocycles. The molecular weight excluding hydrogens is 380 g/mol. The molecule has 29 heavy (non-hydrogen) atoms. The van der Waals surface area contributed by atoms with Crippen molar-refractivity contribution in [1.82, 2.24) is 9.88 Å². The minimum Gasteiger partial charge on any atom is -0.322 e. The fourth-order valence-electron chi connectivity index (χ4n) is 4.74. The number of pyridine rings is 1. The fourth-order valence-corrected chi connectivity index (χ4v) is 4.86. The Bertz CT molecular complexity index is 1140. The van der Waals surface area contributed by atoms with Gasteiger partial charge in [0.25, 0.3) is 5.56 Å². The fraction of sp³-hybridized carbons (Fsp3) is 0.320. The van der Waals surface area contributed by atoms with E-state index in [4.69, 9.17) is 11.6 Å². The van der Waals surface area contributed by atoms with E-state index in [1.807, 2.05) is 12.1 Å². The molecule has 0 amide bonds. The highest BCUT2D eigenvalue weighted by Crippen LogP contribution is 2.28. The molecule has 0 radical (unpaired) electrons. The molecule has 2 aliphatic rings. The molecule has 3 aromatic rings. The van der Waals surface area contributed by atoms with Crippen molar-refractivity contribution < 1.29 is 0 Å². The predicted octanol–water partition coefficient (Wildman–Crippen LogP) is 5.35. The van der Waals surface area contributed by atoms with Crippen LogP contribution >= 0.6 is 11.6 Å². The summed E-state index contributed by atoms with van der Waals surface area (Å²) < 4.78 is 0. The van der Waals surface area contributed by atoms with Crippen LogP contribution in [0.25, 0.3) is 16.5 Å². The van der Waals surface area contributed by atoms with E-state index in [9.17, 15) is 4.79 Å². The maximum absolute atomic E-state index is 12.4. The molecule has 0 fully saturated rings. The van der Waals surface area contributed by atoms with Gasteiger partial charge >= 0.3 is 0 Å². The topological polar surface area (TPSA) is 36.1 Å². The van der Waals surface area contributed by atoms with Gasteiger partial charge in [0.1, 0.15) is 0 Å². The SMILES string of the molecule is O=c1[nH]c2ccc(CN3CC=C(c4ccc(Cl)cc4)CC3)cc2c2c1CCCC2. The Balaban J connectivity index is 1.36. The van der Waals surface area contributed by atoms with Crippen LogP contribution in [-0.4, -0.2) is 23.0 Å². The number of benzene rings is 2. The van der Waals surface area contributed by atoms with Gasteiger partial charge in [0, 0.05) is 41.1 Å². The Morgan fingerprint density at radius 2 is 1.76 bits per heavy atom. The minimum atomic E-state index is 0.107. The van der Waals surface area contributed by atoms with Gasteiger partial charge in [0.05, 0.1) is 0 Å². The van der Waals surface area contributed by atoms with Crippen LogP contribution in [0.4, 0.5) is 0 Å². The molecule has 5 rings (SSSR count). The molecule has 1 N–H and O–H groups in total. The minimum absolute atomic E-state index is 0.107. The number of fused-ring (bicyclic) bond motifs is 3. The molecule has 1 aliphatic carbocycles. The molecular formula is C25H25ClN2O. The summed E-state index contributed by atoms with van der Waals surface area (Å²) in [4.78, 5) is 17.9. The van der Waals surface area contributed by atoms with Gasteiger partial charge in [-0.3, -0.25) is 9.69 Å². The van der Waals surface area contributed by atoms with Gasteiger partial charge in [-0.2, -0.15) is 0 Å². The van der Waals surface area contributed by atoms with Gasteiger partial charge < -0.3 is 4.98 Å². The van der Waals surface area contributed by atoms with E-state index < -0.39 is 0 Å². The summed E-state index contributed by atoms with van der Waals surface area (Å²) in [7, 11) is 0. The van der Waals surface area contributed by atoms with Crippen LogP contribution in [0.5, 0.6) is 0 Å². The molecule has 2 aromatic carbocycles. The number of aromatic nitrogens is 1. The van der Waals surface area contributed by atoms with Crippen molar-refractivity contribution in [1.29, 1.82) is 0 Å². The first-order valence-corrected chi connectivity index (χ1v) is 10.9. The van der Waals surface area contributed by atoms with Crippen molar-refractivity contribution in [3.63, 3.8) is 0 Å². The van der Waals surface area contributed by atoms with E-state index in [2.05, 4.69) is 46.3 Å². The Labute approximate surface area is 176 Å². The van der Waals surface area contributed by atoms with Crippen molar-refractivity contribution in [2.24, 2.45) is 0 Å². The second kappa shape index (κ2) is 7.81. The summed E-state index contributed by atoms with van der Waals surface area (Å²) in [5.41, 5.74) is 7.37. The van der Waals surface area contributed by atoms with Crippen molar-refractivity contribution in [2.75, 3.05) is 13.1 Å². The largest absolute Gasteiger partial charge is 0.322 e. The molecule has 3 nitrogen and oxygen atoms in total. The lowest BCUT2D eigenvalue weighted by atomic mass is 9.89. The van der Waals surface area contributed by atoms with E-state index in [1.165, 1.54) is 34.1 Å². The standard InChI is InChI=1S/C25H25ClN2O/c26-20-8-6-18(7-9-20)19-11-13-28(14-12-19)16-17-5-10-24-23(15-17)21-3-1-2-4-22(21)25(29)27-24/h5-11,15H,1-4,12-14,16H2,(H,27,29). The molecule has 2 heterocycles. The predicted molar refractivity (Wildman–Crippen MR) is 121 cm³/mol. The summed E-state index contributed by atoms with van der Waals surface area (Å²) in [5.74, 6) is 0. The summed E-state index contributed by atoms with van der Waals surface area (Å²) in [6.07, 6.45) is 7.63. The zero-order valence-electron chi connectivity index (χ0n) is 16.5. The third kappa shape index (κ3) is 3.77. The number of nitrogens with one attached hydrogen (secondary N) is 1. The van der Waals surface area contributed by atoms with Gasteiger partial charge in [-0.05, 0) is 78.6 Å². The Hall–Kier alpha value is -2.36. The van der Waals surface area contributed by atoms with E-state index in [1.54, 1.807) is 0 Å². The number of rotatable bonds is 3. The number of hydrogen-bond acceptors (Lipinski definition) is 2. The van der Waals surface area contributed by atoms with Crippen LogP contribution in [0.15, 0.2) is 53.3 Å². The molecule has 1 aliphatic heterocycles. The molecule has 4 heteroatoms. The first-order chi connectivity index (χ1) is 14.2. The Morgan fingerprint density at radius 1 is 0.966 bits per heavy atom. The normalized spacial score (nSPS) is 17.2. The van der Waals surface area contributed by atoms with Crippen molar-refractivity contribution in [2.45, 2.75) is 38.6 Å². The van der Waals surface area contributed by atoms with Crippen LogP contribution in [0.2, 0.25) is 5.02 Å². The highest BCUT2D eigenvalue weighted by Gasteiger charge is 2.18. The lowest BCUT2D eigenvalue weighted by Crippen LogP contribution is -2.28. The first kappa shape index (κ1) is 18.7. The molecule has 0 saturated heterocycles. The quantitative estimate of drug-likeness (QED) is 0.638. The van der Waals surface area contributed by atoms with Crippen LogP contribution < -0.4 is 5.56 Å². The van der Waals surface area contributed by atoms with Crippen LogP contribution in [0, 0.1) is 0 Å². The van der Waals surface area contributed by atoms with E-state index in [0.717, 1.165) is 61.4 Å². The highest BCUT2D eigenvalue weighted by molar-refractivity contribution is 6.30. The zero-order valence-corrected chi connectivity index (χ0v) is 17.3. The monoisotopic (exact) mass is 404 g/mol. The highest BCUT2D eigenvalue weighted by atomic mass is 35.5. The van der Waals surface area contributed by atoms with Gasteiger partial charge in [0.2, 0.25) is 0 Å². The summed E-state index contributed by atoms with van der Waals surface area (Å²) in [6.45, 7) is 2.95. The maximum atomic E-state index is 12.4. The van der Waals surface area contributed by atoms with Gasteiger partial charge in [-0.15, -0.1) is 0 Å². The smallest absolute Gasteiger partial charge is 0.251 e. The van der Waals surface area contributed by atoms with Crippen LogP contribution in [-0.2, 0) is 19.4 Å². The maximum Gasteiger partial charge on any atom is 0.251 e. The summed E-state index contributed by atoms with van der Waals surface area (Å²) in [6, 6.07) is 14.7. The first-order valence-electron chi connectivity index (χ1n) is 10.5. The van der Waals surface area contributed by atoms with Gasteiger partial charge in [-0.25, -0.2) is 0 Å². The number of halogens is 1. The van der Waals surface area contributed by atoms with E-state index >= 15 is 0 Å². The molecule has 0 atom stereocenters. The molecule has 1 aromatic heterocycles. The van der Waals surface area contributed by atoms with Crippen LogP contribution in [0.3, 0.4) is 0 Å². The van der Waals surface area contributed by atoms with Gasteiger partial charge in [0.15, 0.2) is 0 Å². The van der Waals surface area contributed by atoms with Crippen molar-refractivity contribution >= 4 is 28.1 Å². The molecule has 0 bridgehead atoms. The second-order valence-electron chi connectivity index (χ2n) is 8.22. The van der Waals surface area contributed by atoms with Crippen molar-refractivity contribution in [3.05, 3.63) is 86.2 Å². The second-order valence-corrected chi connectivity index (χ2v) is 8.66. The Morgan fingerprint density at radius 3 is 2.52 bits per heavy atom. The summed E-state index contributed by atoms with van der Waals surface area (Å²) >= 11 is 6.01. The number of nitrogens with zero attached hydrogens (tertiary/aromatic N) is 1. The van der Waals surface area contributed by atoms with E-state index in [-0.39, 0.29) is 5.56 Å². The number of aromatic amines is 1. The number of aryl methyl sites for hydroxylation is 1. The lowest BCUT2D eigenvalue weighted by Gasteiger charge is -2.27. The average Bonchev–Trinajstić information content (AvgIpc) is 2.76. The number of hydrogen-bond donors (Lipinski definition) is 1. The Kier molecular flexibility index (Phi) is 5.03. The molecule has 148 valence electrons. The average molecular weight is 405 g/mol. The summed E-state index contributed by atoms with van der Waals surface area (Å²) in [5, 5.41) is 2.03. The van der Waals surface area contributed by atoms with Gasteiger partial charge in [-0.1, -0.05) is 35.9 Å².